The van der Waals surface area contributed by atoms with Gasteiger partial charge in [0.05, 0.1) is 13.2 Å². The van der Waals surface area contributed by atoms with Gasteiger partial charge in [0.15, 0.2) is 0 Å². The molecule has 2 rings (SSSR count). The highest BCUT2D eigenvalue weighted by atomic mass is 79.9. The smallest absolute Gasteiger partial charge is 0.328 e. The molecule has 1 N–H and O–H groups in total. The number of halogens is 1. The van der Waals surface area contributed by atoms with Crippen molar-refractivity contribution in [3.63, 3.8) is 0 Å². The van der Waals surface area contributed by atoms with Gasteiger partial charge < -0.3 is 9.84 Å². The van der Waals surface area contributed by atoms with Crippen LogP contribution in [0.15, 0.2) is 46.3 Å². The van der Waals surface area contributed by atoms with Crippen LogP contribution < -0.4 is 0 Å². The first kappa shape index (κ1) is 15.0. The van der Waals surface area contributed by atoms with Crippen LogP contribution in [0.1, 0.15) is 16.0 Å². The zero-order chi connectivity index (χ0) is 14.4. The molecule has 0 saturated heterocycles. The van der Waals surface area contributed by atoms with Gasteiger partial charge >= 0.3 is 5.97 Å². The molecule has 0 amide bonds. The van der Waals surface area contributed by atoms with Gasteiger partial charge in [-0.1, -0.05) is 28.1 Å². The van der Waals surface area contributed by atoms with Gasteiger partial charge in [-0.25, -0.2) is 4.79 Å². The monoisotopic (exact) mass is 352 g/mol. The molecule has 1 aromatic heterocycles. The van der Waals surface area contributed by atoms with Gasteiger partial charge in [0.25, 0.3) is 0 Å². The number of ether oxygens (including phenoxy) is 1. The number of carboxylic acids is 1. The van der Waals surface area contributed by atoms with Gasteiger partial charge in [-0.05, 0) is 40.8 Å². The molecule has 0 spiro atoms. The highest BCUT2D eigenvalue weighted by Crippen LogP contribution is 2.18. The van der Waals surface area contributed by atoms with Gasteiger partial charge in [-0.15, -0.1) is 11.3 Å². The van der Waals surface area contributed by atoms with Gasteiger partial charge in [0.1, 0.15) is 0 Å². The molecule has 0 bridgehead atoms. The predicted octanol–water partition coefficient (Wildman–Crippen LogP) is 4.33. The highest BCUT2D eigenvalue weighted by molar-refractivity contribution is 9.10. The summed E-state index contributed by atoms with van der Waals surface area (Å²) in [5, 5.41) is 10.5. The number of benzene rings is 1. The van der Waals surface area contributed by atoms with Crippen LogP contribution in [0.25, 0.3) is 6.08 Å². The molecule has 0 radical (unpaired) electrons. The lowest BCUT2D eigenvalue weighted by molar-refractivity contribution is -0.131. The molecule has 0 aliphatic rings. The number of thiophene rings is 1. The van der Waals surface area contributed by atoms with E-state index in [0.717, 1.165) is 26.6 Å². The summed E-state index contributed by atoms with van der Waals surface area (Å²) < 4.78 is 6.69. The zero-order valence-electron chi connectivity index (χ0n) is 10.6. The van der Waals surface area contributed by atoms with E-state index in [1.807, 2.05) is 35.7 Å². The Morgan fingerprint density at radius 2 is 2.05 bits per heavy atom. The molecular weight excluding hydrogens is 340 g/mol. The average molecular weight is 353 g/mol. The van der Waals surface area contributed by atoms with E-state index in [1.165, 1.54) is 0 Å². The third kappa shape index (κ3) is 4.92. The van der Waals surface area contributed by atoms with E-state index in [2.05, 4.69) is 15.9 Å². The van der Waals surface area contributed by atoms with E-state index >= 15 is 0 Å². The first-order valence-electron chi connectivity index (χ1n) is 5.94. The van der Waals surface area contributed by atoms with Crippen LogP contribution in [-0.4, -0.2) is 11.1 Å². The van der Waals surface area contributed by atoms with Gasteiger partial charge in [-0.2, -0.15) is 0 Å². The minimum absolute atomic E-state index is 0.529. The largest absolute Gasteiger partial charge is 0.478 e. The Hall–Kier alpha value is -1.43. The number of carboxylic acid groups (broad SMARTS) is 1. The molecule has 0 saturated carbocycles. The zero-order valence-corrected chi connectivity index (χ0v) is 13.0. The standard InChI is InChI=1S/C15H13BrO3S/c16-13-4-1-11(2-5-13)8-19-9-14-7-12(10-20-14)3-6-15(17)18/h1-7,10H,8-9H2,(H,17,18)/b6-3+. The van der Waals surface area contributed by atoms with Crippen molar-refractivity contribution in [2.45, 2.75) is 13.2 Å². The molecule has 1 heterocycles. The number of hydrogen-bond donors (Lipinski definition) is 1. The Bertz CT molecular complexity index is 602. The summed E-state index contributed by atoms with van der Waals surface area (Å²) in [5.41, 5.74) is 2.01. The van der Waals surface area contributed by atoms with Crippen molar-refractivity contribution in [1.82, 2.24) is 0 Å². The van der Waals surface area contributed by atoms with Gasteiger partial charge in [0, 0.05) is 15.4 Å². The van der Waals surface area contributed by atoms with Crippen molar-refractivity contribution >= 4 is 39.3 Å². The molecule has 0 atom stereocenters. The first-order valence-corrected chi connectivity index (χ1v) is 7.61. The topological polar surface area (TPSA) is 46.5 Å². The van der Waals surface area contributed by atoms with Crippen LogP contribution in [0, 0.1) is 0 Å². The number of rotatable bonds is 6. The molecule has 2 aromatic rings. The number of hydrogen-bond acceptors (Lipinski definition) is 3. The summed E-state index contributed by atoms with van der Waals surface area (Å²) in [6, 6.07) is 9.93. The third-order valence-corrected chi connectivity index (χ3v) is 3.98. The molecule has 1 aromatic carbocycles. The van der Waals surface area contributed by atoms with Crippen molar-refractivity contribution in [3.8, 4) is 0 Å². The van der Waals surface area contributed by atoms with Crippen LogP contribution in [0.5, 0.6) is 0 Å². The van der Waals surface area contributed by atoms with Crippen molar-refractivity contribution in [2.75, 3.05) is 0 Å². The van der Waals surface area contributed by atoms with Gasteiger partial charge in [0.2, 0.25) is 0 Å². The second kappa shape index (κ2) is 7.38. The van der Waals surface area contributed by atoms with E-state index < -0.39 is 5.97 Å². The molecule has 0 unspecified atom stereocenters. The Morgan fingerprint density at radius 3 is 2.75 bits per heavy atom. The maximum atomic E-state index is 10.4. The number of carbonyl (C=O) groups is 1. The average Bonchev–Trinajstić information content (AvgIpc) is 2.87. The second-order valence-electron chi connectivity index (χ2n) is 4.14. The maximum Gasteiger partial charge on any atom is 0.328 e. The lowest BCUT2D eigenvalue weighted by Gasteiger charge is -2.02. The SMILES string of the molecule is O=C(O)/C=C/c1csc(COCc2ccc(Br)cc2)c1. The van der Waals surface area contributed by atoms with Crippen molar-refractivity contribution in [1.29, 1.82) is 0 Å². The molecule has 3 nitrogen and oxygen atoms in total. The van der Waals surface area contributed by atoms with E-state index in [1.54, 1.807) is 17.4 Å². The van der Waals surface area contributed by atoms with Crippen molar-refractivity contribution in [3.05, 3.63) is 62.3 Å². The molecule has 20 heavy (non-hydrogen) atoms. The fraction of sp³-hybridized carbons (Fsp3) is 0.133. The van der Waals surface area contributed by atoms with Crippen LogP contribution in [-0.2, 0) is 22.7 Å². The molecular formula is C15H13BrO3S. The van der Waals surface area contributed by atoms with E-state index in [0.29, 0.717) is 13.2 Å². The van der Waals surface area contributed by atoms with E-state index in [9.17, 15) is 4.79 Å². The molecule has 0 aliphatic carbocycles. The fourth-order valence-corrected chi connectivity index (χ4v) is 2.63. The van der Waals surface area contributed by atoms with Gasteiger partial charge in [-0.3, -0.25) is 0 Å². The van der Waals surface area contributed by atoms with E-state index in [-0.39, 0.29) is 0 Å². The number of aliphatic carboxylic acids is 1. The van der Waals surface area contributed by atoms with Crippen LogP contribution in [0.4, 0.5) is 0 Å². The lowest BCUT2D eigenvalue weighted by atomic mass is 10.2. The minimum atomic E-state index is -0.941. The third-order valence-electron chi connectivity index (χ3n) is 2.52. The Labute approximate surface area is 129 Å². The quantitative estimate of drug-likeness (QED) is 0.787. The molecule has 104 valence electrons. The van der Waals surface area contributed by atoms with E-state index in [4.69, 9.17) is 9.84 Å². The molecule has 5 heteroatoms. The summed E-state index contributed by atoms with van der Waals surface area (Å²) in [6.07, 6.45) is 2.71. The van der Waals surface area contributed by atoms with Crippen LogP contribution in [0.2, 0.25) is 0 Å². The molecule has 0 aliphatic heterocycles. The van der Waals surface area contributed by atoms with Crippen LogP contribution >= 0.6 is 27.3 Å². The summed E-state index contributed by atoms with van der Waals surface area (Å²) in [5.74, 6) is -0.941. The van der Waals surface area contributed by atoms with Crippen LogP contribution in [0.3, 0.4) is 0 Å². The Morgan fingerprint density at radius 1 is 1.30 bits per heavy atom. The Kier molecular flexibility index (Phi) is 5.52. The maximum absolute atomic E-state index is 10.4. The summed E-state index contributed by atoms with van der Waals surface area (Å²) >= 11 is 4.95. The fourth-order valence-electron chi connectivity index (χ4n) is 1.58. The minimum Gasteiger partial charge on any atom is -0.478 e. The summed E-state index contributed by atoms with van der Waals surface area (Å²) in [4.78, 5) is 11.5. The van der Waals surface area contributed by atoms with Crippen molar-refractivity contribution < 1.29 is 14.6 Å². The second-order valence-corrected chi connectivity index (χ2v) is 6.05. The predicted molar refractivity (Wildman–Crippen MR) is 83.6 cm³/mol. The first-order chi connectivity index (χ1) is 9.63. The molecule has 0 fully saturated rings. The normalized spacial score (nSPS) is 11.1. The summed E-state index contributed by atoms with van der Waals surface area (Å²) in [6.45, 7) is 1.09. The lowest BCUT2D eigenvalue weighted by Crippen LogP contribution is -1.92. The highest BCUT2D eigenvalue weighted by Gasteiger charge is 1.99. The van der Waals surface area contributed by atoms with Crippen molar-refractivity contribution in [2.24, 2.45) is 0 Å². The summed E-state index contributed by atoms with van der Waals surface area (Å²) in [7, 11) is 0. The Balaban J connectivity index is 1.82.